The van der Waals surface area contributed by atoms with Gasteiger partial charge < -0.3 is 15.5 Å². The quantitative estimate of drug-likeness (QED) is 0.890. The Hall–Kier alpha value is -1.36. The van der Waals surface area contributed by atoms with Crippen molar-refractivity contribution in [2.75, 3.05) is 36.5 Å². The van der Waals surface area contributed by atoms with Gasteiger partial charge in [0.1, 0.15) is 17.5 Å². The molecule has 2 rings (SSSR count). The minimum Gasteiger partial charge on any atom is -0.359 e. The molecule has 1 fully saturated rings. The van der Waals surface area contributed by atoms with Crippen molar-refractivity contribution < 1.29 is 0 Å². The molecule has 1 unspecified atom stereocenters. The molecule has 0 amide bonds. The lowest BCUT2D eigenvalue weighted by molar-refractivity contribution is 0.633. The molecular formula is C14H25N5. The third kappa shape index (κ3) is 3.56. The summed E-state index contributed by atoms with van der Waals surface area (Å²) in [6.45, 7) is 9.26. The lowest BCUT2D eigenvalue weighted by Gasteiger charge is -2.23. The molecule has 1 aromatic rings. The standard InChI is InChI=1S/C14H25N5/c1-10(2)8-18(4)13-7-14(17-11(3)16-13)19-6-5-12(15)9-19/h7,10,12H,5-6,8-9,15H2,1-4H3. The van der Waals surface area contributed by atoms with Gasteiger partial charge in [0, 0.05) is 38.8 Å². The lowest BCUT2D eigenvalue weighted by Crippen LogP contribution is -2.28. The molecule has 1 aromatic heterocycles. The summed E-state index contributed by atoms with van der Waals surface area (Å²) in [4.78, 5) is 13.5. The molecule has 1 aliphatic rings. The molecule has 5 heteroatoms. The van der Waals surface area contributed by atoms with Crippen LogP contribution < -0.4 is 15.5 Å². The van der Waals surface area contributed by atoms with Crippen LogP contribution in [0.2, 0.25) is 0 Å². The average Bonchev–Trinajstić information content (AvgIpc) is 2.74. The number of nitrogens with two attached hydrogens (primary N) is 1. The molecule has 1 aliphatic heterocycles. The zero-order valence-corrected chi connectivity index (χ0v) is 12.4. The molecule has 0 saturated carbocycles. The van der Waals surface area contributed by atoms with E-state index in [-0.39, 0.29) is 6.04 Å². The SMILES string of the molecule is Cc1nc(N(C)CC(C)C)cc(N2CCC(N)C2)n1. The molecule has 1 saturated heterocycles. The molecule has 106 valence electrons. The maximum atomic E-state index is 5.97. The van der Waals surface area contributed by atoms with E-state index in [0.717, 1.165) is 43.5 Å². The Morgan fingerprint density at radius 1 is 1.47 bits per heavy atom. The fourth-order valence-corrected chi connectivity index (χ4v) is 2.53. The van der Waals surface area contributed by atoms with E-state index in [2.05, 4.69) is 46.7 Å². The molecule has 2 heterocycles. The first-order valence-corrected chi connectivity index (χ1v) is 7.03. The summed E-state index contributed by atoms with van der Waals surface area (Å²) in [7, 11) is 2.08. The average molecular weight is 263 g/mol. The van der Waals surface area contributed by atoms with E-state index < -0.39 is 0 Å². The number of hydrogen-bond acceptors (Lipinski definition) is 5. The molecule has 0 spiro atoms. The second kappa shape index (κ2) is 5.74. The van der Waals surface area contributed by atoms with Crippen molar-refractivity contribution in [3.05, 3.63) is 11.9 Å². The normalized spacial score (nSPS) is 19.3. The van der Waals surface area contributed by atoms with Gasteiger partial charge in [-0.15, -0.1) is 0 Å². The van der Waals surface area contributed by atoms with Crippen LogP contribution in [0, 0.1) is 12.8 Å². The minimum atomic E-state index is 0.270. The summed E-state index contributed by atoms with van der Waals surface area (Å²) in [5.41, 5.74) is 5.97. The fourth-order valence-electron chi connectivity index (χ4n) is 2.53. The Balaban J connectivity index is 2.19. The van der Waals surface area contributed by atoms with Crippen molar-refractivity contribution in [1.82, 2.24) is 9.97 Å². The van der Waals surface area contributed by atoms with Crippen molar-refractivity contribution in [3.63, 3.8) is 0 Å². The van der Waals surface area contributed by atoms with Crippen LogP contribution in [0.15, 0.2) is 6.07 Å². The zero-order chi connectivity index (χ0) is 14.0. The summed E-state index contributed by atoms with van der Waals surface area (Å²) >= 11 is 0. The van der Waals surface area contributed by atoms with Gasteiger partial charge in [0.05, 0.1) is 0 Å². The second-order valence-corrected chi connectivity index (χ2v) is 5.90. The Morgan fingerprint density at radius 3 is 2.79 bits per heavy atom. The van der Waals surface area contributed by atoms with Gasteiger partial charge in [0.25, 0.3) is 0 Å². The topological polar surface area (TPSA) is 58.3 Å². The van der Waals surface area contributed by atoms with E-state index in [4.69, 9.17) is 5.73 Å². The van der Waals surface area contributed by atoms with E-state index in [1.54, 1.807) is 0 Å². The highest BCUT2D eigenvalue weighted by atomic mass is 15.2. The second-order valence-electron chi connectivity index (χ2n) is 5.90. The highest BCUT2D eigenvalue weighted by Crippen LogP contribution is 2.22. The van der Waals surface area contributed by atoms with Crippen LogP contribution in [0.5, 0.6) is 0 Å². The van der Waals surface area contributed by atoms with Crippen LogP contribution in [-0.2, 0) is 0 Å². The van der Waals surface area contributed by atoms with E-state index in [1.807, 2.05) is 6.92 Å². The third-order valence-corrected chi connectivity index (χ3v) is 3.39. The summed E-state index contributed by atoms with van der Waals surface area (Å²) in [5, 5.41) is 0. The molecule has 19 heavy (non-hydrogen) atoms. The Kier molecular flexibility index (Phi) is 4.24. The summed E-state index contributed by atoms with van der Waals surface area (Å²) in [6, 6.07) is 2.35. The van der Waals surface area contributed by atoms with Crippen LogP contribution in [0.1, 0.15) is 26.1 Å². The lowest BCUT2D eigenvalue weighted by atomic mass is 10.2. The number of aryl methyl sites for hydroxylation is 1. The highest BCUT2D eigenvalue weighted by molar-refractivity contribution is 5.51. The first-order chi connectivity index (χ1) is 8.95. The predicted octanol–water partition coefficient (Wildman–Crippen LogP) is 1.41. The van der Waals surface area contributed by atoms with E-state index >= 15 is 0 Å². The van der Waals surface area contributed by atoms with E-state index in [1.165, 1.54) is 0 Å². The minimum absolute atomic E-state index is 0.270. The van der Waals surface area contributed by atoms with Crippen molar-refractivity contribution in [2.24, 2.45) is 11.7 Å². The maximum absolute atomic E-state index is 5.97. The first-order valence-electron chi connectivity index (χ1n) is 7.03. The van der Waals surface area contributed by atoms with E-state index in [0.29, 0.717) is 5.92 Å². The van der Waals surface area contributed by atoms with Gasteiger partial charge in [0.2, 0.25) is 0 Å². The van der Waals surface area contributed by atoms with Crippen LogP contribution in [0.25, 0.3) is 0 Å². The molecule has 2 N–H and O–H groups in total. The molecule has 0 aliphatic carbocycles. The molecule has 0 aromatic carbocycles. The van der Waals surface area contributed by atoms with Gasteiger partial charge in [-0.3, -0.25) is 0 Å². The first kappa shape index (κ1) is 14.1. The Labute approximate surface area is 115 Å². The maximum Gasteiger partial charge on any atom is 0.134 e. The highest BCUT2D eigenvalue weighted by Gasteiger charge is 2.21. The van der Waals surface area contributed by atoms with Gasteiger partial charge >= 0.3 is 0 Å². The summed E-state index contributed by atoms with van der Waals surface area (Å²) < 4.78 is 0. The Bertz CT molecular complexity index is 432. The van der Waals surface area contributed by atoms with Gasteiger partial charge in [-0.25, -0.2) is 9.97 Å². The van der Waals surface area contributed by atoms with Gasteiger partial charge in [0.15, 0.2) is 0 Å². The number of anilines is 2. The van der Waals surface area contributed by atoms with Crippen molar-refractivity contribution in [2.45, 2.75) is 33.2 Å². The molecule has 1 atom stereocenters. The van der Waals surface area contributed by atoms with Crippen molar-refractivity contribution >= 4 is 11.6 Å². The van der Waals surface area contributed by atoms with E-state index in [9.17, 15) is 0 Å². The number of hydrogen-bond donors (Lipinski definition) is 1. The molecular weight excluding hydrogens is 238 g/mol. The zero-order valence-electron chi connectivity index (χ0n) is 12.4. The van der Waals surface area contributed by atoms with Gasteiger partial charge in [-0.05, 0) is 19.3 Å². The third-order valence-electron chi connectivity index (χ3n) is 3.39. The smallest absolute Gasteiger partial charge is 0.134 e. The van der Waals surface area contributed by atoms with Gasteiger partial charge in [-0.2, -0.15) is 0 Å². The van der Waals surface area contributed by atoms with Crippen LogP contribution in [-0.4, -0.2) is 42.7 Å². The fraction of sp³-hybridized carbons (Fsp3) is 0.714. The Morgan fingerprint density at radius 2 is 2.21 bits per heavy atom. The van der Waals surface area contributed by atoms with Crippen LogP contribution in [0.4, 0.5) is 11.6 Å². The molecule has 0 bridgehead atoms. The van der Waals surface area contributed by atoms with Crippen molar-refractivity contribution in [1.29, 1.82) is 0 Å². The molecule has 0 radical (unpaired) electrons. The van der Waals surface area contributed by atoms with Crippen LogP contribution >= 0.6 is 0 Å². The number of nitrogens with zero attached hydrogens (tertiary/aromatic N) is 4. The predicted molar refractivity (Wildman–Crippen MR) is 79.7 cm³/mol. The molecule has 5 nitrogen and oxygen atoms in total. The summed E-state index contributed by atoms with van der Waals surface area (Å²) in [5.74, 6) is 3.44. The largest absolute Gasteiger partial charge is 0.359 e. The number of aromatic nitrogens is 2. The van der Waals surface area contributed by atoms with Gasteiger partial charge in [-0.1, -0.05) is 13.8 Å². The van der Waals surface area contributed by atoms with Crippen LogP contribution in [0.3, 0.4) is 0 Å². The van der Waals surface area contributed by atoms with Crippen molar-refractivity contribution in [3.8, 4) is 0 Å². The monoisotopic (exact) mass is 263 g/mol. The number of rotatable bonds is 4. The summed E-state index contributed by atoms with van der Waals surface area (Å²) in [6.07, 6.45) is 1.04.